The minimum atomic E-state index is -4.78. The second-order valence-corrected chi connectivity index (χ2v) is 8.10. The molecule has 5 nitrogen and oxygen atoms in total. The molecule has 0 aromatic rings. The SMILES string of the molecule is C[C@@H]1CC[C@H]2[C@@](C)([C@@H](O)C(F)(F)F)O[C@@H]3O[C@]4(C)CC[C@@H]1[C@]32OO4. The molecule has 1 aliphatic carbocycles. The van der Waals surface area contributed by atoms with E-state index >= 15 is 0 Å². The molecule has 5 fully saturated rings. The van der Waals surface area contributed by atoms with E-state index in [0.29, 0.717) is 12.8 Å². The van der Waals surface area contributed by atoms with Crippen LogP contribution in [0.3, 0.4) is 0 Å². The molecule has 8 heteroatoms. The van der Waals surface area contributed by atoms with Crippen molar-refractivity contribution in [3.05, 3.63) is 0 Å². The molecule has 0 amide bonds. The molecule has 1 N–H and O–H groups in total. The van der Waals surface area contributed by atoms with Gasteiger partial charge in [-0.3, -0.25) is 0 Å². The van der Waals surface area contributed by atoms with E-state index in [2.05, 4.69) is 6.92 Å². The van der Waals surface area contributed by atoms with Crippen LogP contribution in [0.25, 0.3) is 0 Å². The van der Waals surface area contributed by atoms with E-state index in [4.69, 9.17) is 19.2 Å². The molecule has 5 rings (SSSR count). The first kappa shape index (κ1) is 17.0. The Kier molecular flexibility index (Phi) is 3.44. The van der Waals surface area contributed by atoms with Crippen molar-refractivity contribution in [2.24, 2.45) is 17.8 Å². The molecule has 1 saturated carbocycles. The van der Waals surface area contributed by atoms with Crippen LogP contribution in [0.15, 0.2) is 0 Å². The molecule has 0 unspecified atom stereocenters. The molecule has 24 heavy (non-hydrogen) atoms. The highest BCUT2D eigenvalue weighted by molar-refractivity contribution is 5.17. The van der Waals surface area contributed by atoms with Crippen LogP contribution in [0.1, 0.15) is 46.5 Å². The molecular formula is C16H23F3O5. The van der Waals surface area contributed by atoms with Gasteiger partial charge in [0.15, 0.2) is 18.0 Å². The lowest BCUT2D eigenvalue weighted by Gasteiger charge is -2.51. The minimum Gasteiger partial charge on any atom is -0.381 e. The molecule has 4 saturated heterocycles. The van der Waals surface area contributed by atoms with Crippen LogP contribution in [0.4, 0.5) is 13.2 Å². The Morgan fingerprint density at radius 2 is 1.79 bits per heavy atom. The Bertz CT molecular complexity index is 542. The van der Waals surface area contributed by atoms with Crippen molar-refractivity contribution in [3.63, 3.8) is 0 Å². The molecule has 1 spiro atoms. The van der Waals surface area contributed by atoms with E-state index in [1.807, 2.05) is 0 Å². The van der Waals surface area contributed by atoms with E-state index < -0.39 is 41.5 Å². The predicted octanol–water partition coefficient (Wildman–Crippen LogP) is 2.91. The largest absolute Gasteiger partial charge is 0.417 e. The third-order valence-corrected chi connectivity index (χ3v) is 6.62. The van der Waals surface area contributed by atoms with Gasteiger partial charge in [0, 0.05) is 12.3 Å². The average molecular weight is 352 g/mol. The maximum Gasteiger partial charge on any atom is 0.417 e. The molecule has 138 valence electrons. The van der Waals surface area contributed by atoms with E-state index in [0.717, 1.165) is 12.8 Å². The lowest BCUT2D eigenvalue weighted by atomic mass is 9.59. The number of hydrogen-bond donors (Lipinski definition) is 1. The standard InChI is InChI=1S/C16H23F3O5/c1-8-4-5-10-14(3,11(20)16(17,18)19)22-12-15(10)9(8)6-7-13(2,21-12)23-24-15/h8-12,20H,4-7H2,1-3H3/t8-,9+,10+,11-,12+,13+,14+,15-/m1/s1. The third-order valence-electron chi connectivity index (χ3n) is 6.62. The van der Waals surface area contributed by atoms with E-state index in [1.165, 1.54) is 6.92 Å². The molecular weight excluding hydrogens is 329 g/mol. The van der Waals surface area contributed by atoms with Crippen LogP contribution in [0, 0.1) is 17.8 Å². The highest BCUT2D eigenvalue weighted by Crippen LogP contribution is 2.64. The zero-order valence-corrected chi connectivity index (χ0v) is 13.9. The van der Waals surface area contributed by atoms with Crippen LogP contribution >= 0.6 is 0 Å². The Hall–Kier alpha value is -0.410. The summed E-state index contributed by atoms with van der Waals surface area (Å²) in [4.78, 5) is 11.3. The highest BCUT2D eigenvalue weighted by Gasteiger charge is 2.77. The second kappa shape index (κ2) is 4.85. The fraction of sp³-hybridized carbons (Fsp3) is 1.00. The Labute approximate surface area is 138 Å². The van der Waals surface area contributed by atoms with Crippen LogP contribution < -0.4 is 0 Å². The molecule has 5 aliphatic rings. The topological polar surface area (TPSA) is 57.2 Å². The number of fused-ring (bicyclic) bond motifs is 2. The summed E-state index contributed by atoms with van der Waals surface area (Å²) in [6, 6.07) is 0. The van der Waals surface area contributed by atoms with Gasteiger partial charge in [-0.25, -0.2) is 9.78 Å². The van der Waals surface area contributed by atoms with Crippen LogP contribution in [0.5, 0.6) is 0 Å². The second-order valence-electron chi connectivity index (χ2n) is 8.10. The number of aliphatic hydroxyl groups is 1. The maximum absolute atomic E-state index is 13.3. The van der Waals surface area contributed by atoms with Gasteiger partial charge in [0.2, 0.25) is 5.79 Å². The number of aliphatic hydroxyl groups excluding tert-OH is 1. The van der Waals surface area contributed by atoms with E-state index in [1.54, 1.807) is 6.92 Å². The number of ether oxygens (including phenoxy) is 2. The summed E-state index contributed by atoms with van der Waals surface area (Å²) in [5.41, 5.74) is -2.93. The number of halogens is 3. The molecule has 0 radical (unpaired) electrons. The summed E-state index contributed by atoms with van der Waals surface area (Å²) in [6.07, 6.45) is -5.82. The molecule has 4 heterocycles. The first-order valence-corrected chi connectivity index (χ1v) is 8.50. The molecule has 4 aliphatic heterocycles. The monoisotopic (exact) mass is 352 g/mol. The van der Waals surface area contributed by atoms with E-state index in [-0.39, 0.29) is 11.8 Å². The van der Waals surface area contributed by atoms with Crippen LogP contribution in [-0.2, 0) is 19.2 Å². The van der Waals surface area contributed by atoms with Crippen molar-refractivity contribution >= 4 is 0 Å². The maximum atomic E-state index is 13.3. The Balaban J connectivity index is 1.81. The Morgan fingerprint density at radius 1 is 1.08 bits per heavy atom. The third kappa shape index (κ3) is 2.00. The molecule has 0 aromatic carbocycles. The molecule has 8 atom stereocenters. The van der Waals surface area contributed by atoms with Gasteiger partial charge in [0.1, 0.15) is 5.60 Å². The highest BCUT2D eigenvalue weighted by atomic mass is 19.4. The lowest BCUT2D eigenvalue weighted by molar-refractivity contribution is -0.541. The first-order valence-electron chi connectivity index (χ1n) is 8.50. The minimum absolute atomic E-state index is 0.0344. The Morgan fingerprint density at radius 3 is 2.46 bits per heavy atom. The lowest BCUT2D eigenvalue weighted by Crippen LogP contribution is -2.63. The average Bonchev–Trinajstić information content (AvgIpc) is 2.58. The summed E-state index contributed by atoms with van der Waals surface area (Å²) >= 11 is 0. The number of alkyl halides is 3. The van der Waals surface area contributed by atoms with Gasteiger partial charge in [-0.1, -0.05) is 6.92 Å². The summed E-state index contributed by atoms with van der Waals surface area (Å²) in [5.74, 6) is -1.47. The number of hydrogen-bond acceptors (Lipinski definition) is 5. The van der Waals surface area contributed by atoms with Gasteiger partial charge in [-0.2, -0.15) is 13.2 Å². The fourth-order valence-corrected chi connectivity index (χ4v) is 5.33. The van der Waals surface area contributed by atoms with Gasteiger partial charge in [0.25, 0.3) is 0 Å². The zero-order chi connectivity index (χ0) is 17.5. The summed E-state index contributed by atoms with van der Waals surface area (Å²) in [6.45, 7) is 5.09. The smallest absolute Gasteiger partial charge is 0.381 e. The van der Waals surface area contributed by atoms with Gasteiger partial charge in [-0.15, -0.1) is 0 Å². The van der Waals surface area contributed by atoms with Gasteiger partial charge < -0.3 is 14.6 Å². The van der Waals surface area contributed by atoms with Crippen molar-refractivity contribution in [3.8, 4) is 0 Å². The number of rotatable bonds is 1. The quantitative estimate of drug-likeness (QED) is 0.736. The molecule has 0 aromatic heterocycles. The van der Waals surface area contributed by atoms with Gasteiger partial charge in [0.05, 0.1) is 0 Å². The van der Waals surface area contributed by atoms with Gasteiger partial charge in [-0.05, 0) is 44.9 Å². The van der Waals surface area contributed by atoms with Crippen molar-refractivity contribution < 1.29 is 37.5 Å². The van der Waals surface area contributed by atoms with Gasteiger partial charge >= 0.3 is 6.18 Å². The normalized spacial score (nSPS) is 55.1. The summed E-state index contributed by atoms with van der Waals surface area (Å²) in [5, 5.41) is 10.0. The van der Waals surface area contributed by atoms with Crippen molar-refractivity contribution in [2.45, 2.75) is 82.0 Å². The zero-order valence-electron chi connectivity index (χ0n) is 13.9. The fourth-order valence-electron chi connectivity index (χ4n) is 5.33. The van der Waals surface area contributed by atoms with Crippen molar-refractivity contribution in [2.75, 3.05) is 0 Å². The van der Waals surface area contributed by atoms with Crippen LogP contribution in [-0.4, -0.2) is 40.7 Å². The van der Waals surface area contributed by atoms with Crippen LogP contribution in [0.2, 0.25) is 0 Å². The predicted molar refractivity (Wildman–Crippen MR) is 74.3 cm³/mol. The first-order chi connectivity index (χ1) is 11.0. The summed E-state index contributed by atoms with van der Waals surface area (Å²) < 4.78 is 51.5. The van der Waals surface area contributed by atoms with Crippen molar-refractivity contribution in [1.29, 1.82) is 0 Å². The van der Waals surface area contributed by atoms with Crippen molar-refractivity contribution in [1.82, 2.24) is 0 Å². The van der Waals surface area contributed by atoms with E-state index in [9.17, 15) is 18.3 Å². The molecule has 2 bridgehead atoms. The summed E-state index contributed by atoms with van der Waals surface area (Å²) in [7, 11) is 0.